The van der Waals surface area contributed by atoms with Gasteiger partial charge in [-0.05, 0) is 6.92 Å². The van der Waals surface area contributed by atoms with Crippen molar-refractivity contribution >= 4 is 40.1 Å². The lowest BCUT2D eigenvalue weighted by molar-refractivity contribution is -0.134. The Morgan fingerprint density at radius 2 is 2.25 bits per heavy atom. The van der Waals surface area contributed by atoms with E-state index < -0.39 is 12.0 Å². The van der Waals surface area contributed by atoms with Crippen molar-refractivity contribution in [3.05, 3.63) is 0 Å². The van der Waals surface area contributed by atoms with Gasteiger partial charge in [-0.2, -0.15) is 0 Å². The van der Waals surface area contributed by atoms with Crippen molar-refractivity contribution in [1.29, 1.82) is 0 Å². The number of aromatic nitrogens is 2. The number of nitrogens with zero attached hydrogens (tertiary/aromatic N) is 2. The molecule has 0 radical (unpaired) electrons. The van der Waals surface area contributed by atoms with E-state index in [9.17, 15) is 9.59 Å². The highest BCUT2D eigenvalue weighted by atomic mass is 32.2. The van der Waals surface area contributed by atoms with Crippen molar-refractivity contribution in [3.8, 4) is 0 Å². The lowest BCUT2D eigenvalue weighted by Crippen LogP contribution is -2.39. The lowest BCUT2D eigenvalue weighted by Gasteiger charge is -2.12. The molecule has 0 saturated carbocycles. The third-order valence-corrected chi connectivity index (χ3v) is 4.04. The molecule has 1 unspecified atom stereocenters. The summed E-state index contributed by atoms with van der Waals surface area (Å²) in [4.78, 5) is 22.1. The molecule has 20 heavy (non-hydrogen) atoms. The van der Waals surface area contributed by atoms with Gasteiger partial charge in [0.25, 0.3) is 0 Å². The number of nitrogens with one attached hydrogen (secondary N) is 2. The Kier molecular flexibility index (Phi) is 7.26. The van der Waals surface area contributed by atoms with E-state index in [1.165, 1.54) is 11.3 Å². The molecule has 0 bridgehead atoms. The molecule has 3 N–H and O–H groups in total. The summed E-state index contributed by atoms with van der Waals surface area (Å²) in [7, 11) is 1.56. The molecule has 1 aromatic heterocycles. The summed E-state index contributed by atoms with van der Waals surface area (Å²) in [6.45, 7) is 2.60. The van der Waals surface area contributed by atoms with Crippen LogP contribution in [0.2, 0.25) is 0 Å². The molecule has 1 rings (SSSR count). The summed E-state index contributed by atoms with van der Waals surface area (Å²) in [6.07, 6.45) is 0. The Morgan fingerprint density at radius 1 is 1.50 bits per heavy atom. The average molecular weight is 320 g/mol. The predicted molar refractivity (Wildman–Crippen MR) is 76.2 cm³/mol. The Labute approximate surface area is 124 Å². The zero-order valence-electron chi connectivity index (χ0n) is 11.1. The minimum atomic E-state index is -0.911. The van der Waals surface area contributed by atoms with Crippen molar-refractivity contribution in [2.24, 2.45) is 0 Å². The van der Waals surface area contributed by atoms with E-state index in [4.69, 9.17) is 9.84 Å². The van der Waals surface area contributed by atoms with Gasteiger partial charge in [0.05, 0.1) is 12.4 Å². The van der Waals surface area contributed by atoms with Crippen LogP contribution < -0.4 is 10.6 Å². The van der Waals surface area contributed by atoms with Crippen LogP contribution in [0.4, 0.5) is 5.13 Å². The quantitative estimate of drug-likeness (QED) is 0.439. The average Bonchev–Trinajstić information content (AvgIpc) is 2.84. The lowest BCUT2D eigenvalue weighted by atomic mass is 10.3. The van der Waals surface area contributed by atoms with E-state index in [2.05, 4.69) is 20.8 Å². The fourth-order valence-corrected chi connectivity index (χ4v) is 2.69. The first-order chi connectivity index (χ1) is 9.52. The molecule has 0 aliphatic heterocycles. The molecular formula is C10H16N4O4S2. The van der Waals surface area contributed by atoms with Crippen LogP contribution in [0, 0.1) is 0 Å². The van der Waals surface area contributed by atoms with Gasteiger partial charge >= 0.3 is 5.97 Å². The minimum Gasteiger partial charge on any atom is -0.481 e. The van der Waals surface area contributed by atoms with E-state index in [0.717, 1.165) is 11.8 Å². The molecule has 1 amide bonds. The molecule has 112 valence electrons. The van der Waals surface area contributed by atoms with Crippen molar-refractivity contribution in [3.63, 3.8) is 0 Å². The number of anilines is 1. The number of thioether (sulfide) groups is 1. The summed E-state index contributed by atoms with van der Waals surface area (Å²) in [5.74, 6) is -1.15. The molecule has 8 nitrogen and oxygen atoms in total. The van der Waals surface area contributed by atoms with Gasteiger partial charge in [0.2, 0.25) is 11.0 Å². The predicted octanol–water partition coefficient (Wildman–Crippen LogP) is 0.278. The van der Waals surface area contributed by atoms with Gasteiger partial charge in [0.15, 0.2) is 4.34 Å². The van der Waals surface area contributed by atoms with Crippen molar-refractivity contribution in [2.45, 2.75) is 17.3 Å². The van der Waals surface area contributed by atoms with Crippen molar-refractivity contribution < 1.29 is 19.4 Å². The maximum atomic E-state index is 11.7. The number of carboxylic acids is 1. The summed E-state index contributed by atoms with van der Waals surface area (Å²) in [5, 5.41) is 22.3. The SMILES string of the molecule is COCCNC(=O)C(C)Nc1nnc(SCC(=O)O)s1. The number of methoxy groups -OCH3 is 1. The van der Waals surface area contributed by atoms with E-state index in [1.54, 1.807) is 14.0 Å². The van der Waals surface area contributed by atoms with Crippen LogP contribution in [0.15, 0.2) is 4.34 Å². The molecule has 0 fully saturated rings. The Hall–Kier alpha value is -1.39. The molecule has 0 aliphatic carbocycles. The van der Waals surface area contributed by atoms with E-state index >= 15 is 0 Å². The van der Waals surface area contributed by atoms with Crippen LogP contribution in [0.25, 0.3) is 0 Å². The van der Waals surface area contributed by atoms with Crippen LogP contribution in [0.3, 0.4) is 0 Å². The molecule has 0 spiro atoms. The third kappa shape index (κ3) is 6.17. The maximum Gasteiger partial charge on any atom is 0.313 e. The summed E-state index contributed by atoms with van der Waals surface area (Å²) >= 11 is 2.30. The largest absolute Gasteiger partial charge is 0.481 e. The Morgan fingerprint density at radius 3 is 2.90 bits per heavy atom. The number of carboxylic acid groups (broad SMARTS) is 1. The zero-order chi connectivity index (χ0) is 15.0. The van der Waals surface area contributed by atoms with Crippen LogP contribution in [-0.4, -0.2) is 59.2 Å². The molecular weight excluding hydrogens is 304 g/mol. The monoisotopic (exact) mass is 320 g/mol. The van der Waals surface area contributed by atoms with Gasteiger partial charge in [-0.25, -0.2) is 0 Å². The number of hydrogen-bond acceptors (Lipinski definition) is 8. The molecule has 0 aliphatic rings. The van der Waals surface area contributed by atoms with Gasteiger partial charge in [0, 0.05) is 13.7 Å². The maximum absolute atomic E-state index is 11.7. The number of hydrogen-bond donors (Lipinski definition) is 3. The number of amides is 1. The molecule has 1 atom stereocenters. The van der Waals surface area contributed by atoms with E-state index in [-0.39, 0.29) is 11.7 Å². The standard InChI is InChI=1S/C10H16N4O4S2/c1-6(8(17)11-3-4-18-2)12-9-13-14-10(20-9)19-5-7(15)16/h6H,3-5H2,1-2H3,(H,11,17)(H,12,13)(H,15,16). The number of aliphatic carboxylic acids is 1. The van der Waals surface area contributed by atoms with Crippen LogP contribution in [0.5, 0.6) is 0 Å². The summed E-state index contributed by atoms with van der Waals surface area (Å²) < 4.78 is 5.38. The van der Waals surface area contributed by atoms with Gasteiger partial charge in [-0.3, -0.25) is 9.59 Å². The first-order valence-electron chi connectivity index (χ1n) is 5.74. The Bertz CT molecular complexity index is 454. The fraction of sp³-hybridized carbons (Fsp3) is 0.600. The number of carbonyl (C=O) groups excluding carboxylic acids is 1. The first-order valence-corrected chi connectivity index (χ1v) is 7.54. The van der Waals surface area contributed by atoms with E-state index in [0.29, 0.717) is 22.6 Å². The van der Waals surface area contributed by atoms with E-state index in [1.807, 2.05) is 0 Å². The minimum absolute atomic E-state index is 0.0678. The molecule has 1 aromatic rings. The smallest absolute Gasteiger partial charge is 0.313 e. The van der Waals surface area contributed by atoms with Crippen molar-refractivity contribution in [1.82, 2.24) is 15.5 Å². The highest BCUT2D eigenvalue weighted by molar-refractivity contribution is 8.01. The molecule has 10 heteroatoms. The van der Waals surface area contributed by atoms with Crippen molar-refractivity contribution in [2.75, 3.05) is 31.3 Å². The van der Waals surface area contributed by atoms with Gasteiger partial charge in [-0.15, -0.1) is 10.2 Å². The zero-order valence-corrected chi connectivity index (χ0v) is 12.7. The number of ether oxygens (including phenoxy) is 1. The normalized spacial score (nSPS) is 11.9. The fourth-order valence-electron chi connectivity index (χ4n) is 1.13. The van der Waals surface area contributed by atoms with Gasteiger partial charge in [0.1, 0.15) is 6.04 Å². The second-order valence-corrected chi connectivity index (χ2v) is 5.91. The first kappa shape index (κ1) is 16.7. The number of carbonyl (C=O) groups is 2. The topological polar surface area (TPSA) is 113 Å². The highest BCUT2D eigenvalue weighted by Gasteiger charge is 2.14. The molecule has 1 heterocycles. The molecule has 0 saturated heterocycles. The van der Waals surface area contributed by atoms with Gasteiger partial charge < -0.3 is 20.5 Å². The van der Waals surface area contributed by atoms with Crippen LogP contribution >= 0.6 is 23.1 Å². The van der Waals surface area contributed by atoms with Crippen LogP contribution in [0.1, 0.15) is 6.92 Å². The third-order valence-electron chi connectivity index (χ3n) is 2.06. The second kappa shape index (κ2) is 8.72. The second-order valence-electron chi connectivity index (χ2n) is 3.71. The van der Waals surface area contributed by atoms with Crippen LogP contribution in [-0.2, 0) is 14.3 Å². The summed E-state index contributed by atoms with van der Waals surface area (Å²) in [6, 6.07) is -0.461. The van der Waals surface area contributed by atoms with Gasteiger partial charge in [-0.1, -0.05) is 23.1 Å². The Balaban J connectivity index is 2.39. The summed E-state index contributed by atoms with van der Waals surface area (Å²) in [5.41, 5.74) is 0. The number of rotatable bonds is 9. The highest BCUT2D eigenvalue weighted by Crippen LogP contribution is 2.25. The molecule has 0 aromatic carbocycles.